The first-order valence-corrected chi connectivity index (χ1v) is 10.7. The molecule has 0 aliphatic rings. The Hall–Kier alpha value is -3.04. The molecule has 0 radical (unpaired) electrons. The first kappa shape index (κ1) is 21.7. The lowest BCUT2D eigenvalue weighted by Gasteiger charge is -2.20. The number of aromatic nitrogens is 2. The number of ether oxygens (including phenoxy) is 1. The largest absolute Gasteiger partial charge is 0.452 e. The van der Waals surface area contributed by atoms with Crippen LogP contribution < -0.4 is 4.72 Å². The van der Waals surface area contributed by atoms with Crippen LogP contribution in [0.5, 0.6) is 0 Å². The molecule has 1 heterocycles. The van der Waals surface area contributed by atoms with Gasteiger partial charge in [-0.15, -0.1) is 0 Å². The summed E-state index contributed by atoms with van der Waals surface area (Å²) >= 11 is 0. The van der Waals surface area contributed by atoms with Crippen molar-refractivity contribution in [2.45, 2.75) is 44.7 Å². The minimum Gasteiger partial charge on any atom is -0.452 e. The Morgan fingerprint density at radius 1 is 1.07 bits per heavy atom. The maximum Gasteiger partial charge on any atom is 0.338 e. The summed E-state index contributed by atoms with van der Waals surface area (Å²) in [6, 6.07) is 13.1. The Morgan fingerprint density at radius 3 is 2.30 bits per heavy atom. The summed E-state index contributed by atoms with van der Waals surface area (Å²) < 4.78 is 37.5. The highest BCUT2D eigenvalue weighted by atomic mass is 32.2. The fourth-order valence-electron chi connectivity index (χ4n) is 2.58. The van der Waals surface area contributed by atoms with Gasteiger partial charge in [-0.25, -0.2) is 17.9 Å². The number of benzene rings is 2. The van der Waals surface area contributed by atoms with Crippen LogP contribution >= 0.6 is 0 Å². The number of sulfonamides is 1. The lowest BCUT2D eigenvalue weighted by atomic mass is 10.1. The van der Waals surface area contributed by atoms with E-state index in [4.69, 9.17) is 9.26 Å². The SMILES string of the molecule is Cc1ccc(-c2noc(COC(=O)c3ccc(S(=O)(=O)NC(C)(C)C)cc3)n2)cc1. The van der Waals surface area contributed by atoms with E-state index >= 15 is 0 Å². The number of rotatable bonds is 6. The van der Waals surface area contributed by atoms with Crippen LogP contribution in [0.25, 0.3) is 11.4 Å². The van der Waals surface area contributed by atoms with E-state index in [-0.39, 0.29) is 23.0 Å². The van der Waals surface area contributed by atoms with Crippen molar-refractivity contribution in [3.05, 3.63) is 65.5 Å². The molecule has 9 heteroatoms. The van der Waals surface area contributed by atoms with Gasteiger partial charge in [0.15, 0.2) is 6.61 Å². The number of aryl methyl sites for hydroxylation is 1. The van der Waals surface area contributed by atoms with Gasteiger partial charge in [0.05, 0.1) is 10.5 Å². The minimum absolute atomic E-state index is 0.0635. The summed E-state index contributed by atoms with van der Waals surface area (Å²) in [5.74, 6) is -0.0627. The van der Waals surface area contributed by atoms with Crippen molar-refractivity contribution in [3.63, 3.8) is 0 Å². The van der Waals surface area contributed by atoms with Gasteiger partial charge < -0.3 is 9.26 Å². The van der Waals surface area contributed by atoms with Crippen LogP contribution in [0.2, 0.25) is 0 Å². The molecule has 0 spiro atoms. The molecule has 3 rings (SSSR count). The molecule has 0 amide bonds. The molecule has 0 saturated heterocycles. The molecule has 0 fully saturated rings. The lowest BCUT2D eigenvalue weighted by molar-refractivity contribution is 0.0429. The van der Waals surface area contributed by atoms with Crippen molar-refractivity contribution in [2.75, 3.05) is 0 Å². The second kappa shape index (κ2) is 8.37. The smallest absolute Gasteiger partial charge is 0.338 e. The van der Waals surface area contributed by atoms with Crippen molar-refractivity contribution < 1.29 is 22.5 Å². The molecular formula is C21H23N3O5S. The molecule has 3 aromatic rings. The van der Waals surface area contributed by atoms with Gasteiger partial charge in [-0.1, -0.05) is 35.0 Å². The molecule has 8 nitrogen and oxygen atoms in total. The van der Waals surface area contributed by atoms with Crippen LogP contribution in [0.4, 0.5) is 0 Å². The van der Waals surface area contributed by atoms with Gasteiger partial charge in [0.1, 0.15) is 0 Å². The Bertz CT molecular complexity index is 1130. The summed E-state index contributed by atoms with van der Waals surface area (Å²) in [6.45, 7) is 7.03. The Balaban J connectivity index is 1.62. The number of nitrogens with one attached hydrogen (secondary N) is 1. The zero-order valence-corrected chi connectivity index (χ0v) is 18.0. The molecule has 158 valence electrons. The number of nitrogens with zero attached hydrogens (tertiary/aromatic N) is 2. The Morgan fingerprint density at radius 2 is 1.70 bits per heavy atom. The number of hydrogen-bond donors (Lipinski definition) is 1. The monoisotopic (exact) mass is 429 g/mol. The topological polar surface area (TPSA) is 111 Å². The number of carbonyl (C=O) groups excluding carboxylic acids is 1. The molecule has 0 unspecified atom stereocenters. The average molecular weight is 429 g/mol. The first-order chi connectivity index (χ1) is 14.0. The average Bonchev–Trinajstić information content (AvgIpc) is 3.14. The van der Waals surface area contributed by atoms with E-state index in [1.165, 1.54) is 24.3 Å². The summed E-state index contributed by atoms with van der Waals surface area (Å²) in [6.07, 6.45) is 0. The molecule has 30 heavy (non-hydrogen) atoms. The lowest BCUT2D eigenvalue weighted by Crippen LogP contribution is -2.40. The van der Waals surface area contributed by atoms with Gasteiger partial charge in [-0.05, 0) is 52.0 Å². The fourth-order valence-corrected chi connectivity index (χ4v) is 3.99. The third kappa shape index (κ3) is 5.52. The van der Waals surface area contributed by atoms with E-state index < -0.39 is 21.5 Å². The summed E-state index contributed by atoms with van der Waals surface area (Å²) in [4.78, 5) is 16.5. The normalized spacial score (nSPS) is 12.0. The number of hydrogen-bond acceptors (Lipinski definition) is 7. The van der Waals surface area contributed by atoms with E-state index in [1.807, 2.05) is 31.2 Å². The summed E-state index contributed by atoms with van der Waals surface area (Å²) in [5, 5.41) is 3.88. The zero-order valence-electron chi connectivity index (χ0n) is 17.2. The fraction of sp³-hybridized carbons (Fsp3) is 0.286. The van der Waals surface area contributed by atoms with Crippen molar-refractivity contribution in [1.29, 1.82) is 0 Å². The highest BCUT2D eigenvalue weighted by molar-refractivity contribution is 7.89. The first-order valence-electron chi connectivity index (χ1n) is 9.24. The van der Waals surface area contributed by atoms with Crippen molar-refractivity contribution in [1.82, 2.24) is 14.9 Å². The molecule has 0 bridgehead atoms. The second-order valence-corrected chi connectivity index (χ2v) is 9.52. The third-order valence-electron chi connectivity index (χ3n) is 3.95. The Kier molecular flexibility index (Phi) is 6.04. The van der Waals surface area contributed by atoms with Crippen molar-refractivity contribution in [3.8, 4) is 11.4 Å². The van der Waals surface area contributed by atoms with Gasteiger partial charge in [0.2, 0.25) is 15.8 Å². The highest BCUT2D eigenvalue weighted by Crippen LogP contribution is 2.18. The van der Waals surface area contributed by atoms with Crippen LogP contribution in [-0.2, 0) is 21.4 Å². The zero-order chi connectivity index (χ0) is 21.9. The van der Waals surface area contributed by atoms with Crippen LogP contribution in [0.15, 0.2) is 57.9 Å². The summed E-state index contributed by atoms with van der Waals surface area (Å²) in [5.41, 5.74) is 1.51. The minimum atomic E-state index is -3.68. The number of carbonyl (C=O) groups is 1. The van der Waals surface area contributed by atoms with Crippen LogP contribution in [0, 0.1) is 6.92 Å². The molecule has 1 N–H and O–H groups in total. The standard InChI is InChI=1S/C21H23N3O5S/c1-14-5-7-15(8-6-14)19-22-18(29-23-19)13-28-20(25)16-9-11-17(12-10-16)30(26,27)24-21(2,3)4/h5-12,24H,13H2,1-4H3. The van der Waals surface area contributed by atoms with E-state index in [0.29, 0.717) is 5.82 Å². The predicted molar refractivity (Wildman–Crippen MR) is 110 cm³/mol. The maximum atomic E-state index is 12.3. The van der Waals surface area contributed by atoms with E-state index in [2.05, 4.69) is 14.9 Å². The van der Waals surface area contributed by atoms with E-state index in [0.717, 1.165) is 11.1 Å². The molecule has 2 aromatic carbocycles. The van der Waals surface area contributed by atoms with Crippen LogP contribution in [-0.4, -0.2) is 30.1 Å². The molecule has 0 saturated carbocycles. The van der Waals surface area contributed by atoms with Crippen molar-refractivity contribution in [2.24, 2.45) is 0 Å². The van der Waals surface area contributed by atoms with Crippen LogP contribution in [0.3, 0.4) is 0 Å². The molecule has 1 aromatic heterocycles. The van der Waals surface area contributed by atoms with E-state index in [1.54, 1.807) is 20.8 Å². The molecule has 0 aliphatic carbocycles. The predicted octanol–water partition coefficient (Wildman–Crippen LogP) is 3.48. The maximum absolute atomic E-state index is 12.3. The summed E-state index contributed by atoms with van der Waals surface area (Å²) in [7, 11) is -3.68. The highest BCUT2D eigenvalue weighted by Gasteiger charge is 2.22. The van der Waals surface area contributed by atoms with Crippen LogP contribution in [0.1, 0.15) is 42.6 Å². The van der Waals surface area contributed by atoms with Gasteiger partial charge in [-0.2, -0.15) is 4.98 Å². The second-order valence-electron chi connectivity index (χ2n) is 7.83. The van der Waals surface area contributed by atoms with Gasteiger partial charge in [-0.3, -0.25) is 0 Å². The molecule has 0 aliphatic heterocycles. The molecule has 0 atom stereocenters. The molecular weight excluding hydrogens is 406 g/mol. The van der Waals surface area contributed by atoms with Gasteiger partial charge in [0.25, 0.3) is 5.89 Å². The third-order valence-corrected chi connectivity index (χ3v) is 5.72. The van der Waals surface area contributed by atoms with E-state index in [9.17, 15) is 13.2 Å². The van der Waals surface area contributed by atoms with Gasteiger partial charge in [0, 0.05) is 11.1 Å². The van der Waals surface area contributed by atoms with Gasteiger partial charge >= 0.3 is 5.97 Å². The Labute approximate surface area is 175 Å². The quantitative estimate of drug-likeness (QED) is 0.597. The number of esters is 1. The van der Waals surface area contributed by atoms with Crippen molar-refractivity contribution >= 4 is 16.0 Å².